The number of rotatable bonds is 4. The molecule has 3 fully saturated rings. The number of hydrogen-bond acceptors (Lipinski definition) is 6. The summed E-state index contributed by atoms with van der Waals surface area (Å²) in [6.45, 7) is 6.86. The van der Waals surface area contributed by atoms with E-state index in [9.17, 15) is 19.5 Å². The molecule has 4 rings (SSSR count). The predicted molar refractivity (Wildman–Crippen MR) is 114 cm³/mol. The normalized spacial score (nSPS) is 43.7. The van der Waals surface area contributed by atoms with Gasteiger partial charge in [0.05, 0.1) is 0 Å². The van der Waals surface area contributed by atoms with Crippen LogP contribution in [0.25, 0.3) is 0 Å². The highest BCUT2D eigenvalue weighted by atomic mass is 16.5. The molecule has 6 heteroatoms. The second-order valence-electron chi connectivity index (χ2n) is 10.8. The maximum atomic E-state index is 12.9. The van der Waals surface area contributed by atoms with E-state index in [1.165, 1.54) is 19.4 Å². The van der Waals surface area contributed by atoms with Crippen molar-refractivity contribution in [3.05, 3.63) is 11.6 Å². The predicted octanol–water partition coefficient (Wildman–Crippen LogP) is 3.74. The van der Waals surface area contributed by atoms with Crippen molar-refractivity contribution < 1.29 is 29.0 Å². The standard InChI is InChI=1S/C25H36O6/c1-15(26)30-14-22(28)25(29)12-9-21-19-6-5-17-13-18(31-16(2)27)7-10-23(17,3)20(19)8-11-24(21,25)4/h5,18-21,29H,6-14H2,1-4H3/t18-,19-,20+,21+,23-,24+,25+/m0/s1. The first-order valence-electron chi connectivity index (χ1n) is 11.8. The number of allylic oxidation sites excluding steroid dienone is 1. The summed E-state index contributed by atoms with van der Waals surface area (Å²) in [5.41, 5.74) is -0.379. The lowest BCUT2D eigenvalue weighted by molar-refractivity contribution is -0.169. The number of ether oxygens (including phenoxy) is 2. The number of aliphatic hydroxyl groups is 1. The van der Waals surface area contributed by atoms with Crippen LogP contribution in [0.5, 0.6) is 0 Å². The molecule has 0 aliphatic heterocycles. The van der Waals surface area contributed by atoms with E-state index in [0.717, 1.165) is 44.9 Å². The fourth-order valence-corrected chi connectivity index (χ4v) is 7.72. The molecule has 4 aliphatic rings. The highest BCUT2D eigenvalue weighted by molar-refractivity contribution is 5.90. The van der Waals surface area contributed by atoms with Crippen molar-refractivity contribution in [2.24, 2.45) is 28.6 Å². The van der Waals surface area contributed by atoms with Gasteiger partial charge in [0, 0.05) is 25.7 Å². The zero-order chi connectivity index (χ0) is 22.6. The van der Waals surface area contributed by atoms with Gasteiger partial charge >= 0.3 is 11.9 Å². The van der Waals surface area contributed by atoms with Gasteiger partial charge in [0.25, 0.3) is 0 Å². The van der Waals surface area contributed by atoms with Crippen LogP contribution >= 0.6 is 0 Å². The van der Waals surface area contributed by atoms with Crippen LogP contribution < -0.4 is 0 Å². The fourth-order valence-electron chi connectivity index (χ4n) is 7.72. The molecule has 0 radical (unpaired) electrons. The molecule has 0 aromatic rings. The van der Waals surface area contributed by atoms with Crippen LogP contribution in [0.3, 0.4) is 0 Å². The molecule has 0 unspecified atom stereocenters. The van der Waals surface area contributed by atoms with Gasteiger partial charge in [-0.05, 0) is 68.1 Å². The molecule has 0 amide bonds. The third kappa shape index (κ3) is 3.46. The zero-order valence-corrected chi connectivity index (χ0v) is 19.2. The van der Waals surface area contributed by atoms with E-state index in [1.54, 1.807) is 0 Å². The molecule has 172 valence electrons. The SMILES string of the molecule is CC(=O)OCC(=O)[C@]1(O)CC[C@@H]2[C@H]3CC=C4C[C@@H](OC(C)=O)CC[C@]4(C)[C@@H]3CC[C@]21C. The maximum absolute atomic E-state index is 12.9. The Morgan fingerprint density at radius 1 is 1.03 bits per heavy atom. The Kier molecular flexibility index (Phi) is 5.60. The number of esters is 2. The first kappa shape index (κ1) is 22.5. The zero-order valence-electron chi connectivity index (χ0n) is 19.2. The van der Waals surface area contributed by atoms with Crippen molar-refractivity contribution >= 4 is 17.7 Å². The van der Waals surface area contributed by atoms with Crippen LogP contribution in [-0.2, 0) is 23.9 Å². The van der Waals surface area contributed by atoms with Gasteiger partial charge in [-0.15, -0.1) is 0 Å². The fraction of sp³-hybridized carbons (Fsp3) is 0.800. The molecule has 6 nitrogen and oxygen atoms in total. The van der Waals surface area contributed by atoms with Crippen LogP contribution in [0.1, 0.15) is 79.1 Å². The molecule has 0 bridgehead atoms. The number of carbonyl (C=O) groups is 3. The third-order valence-corrected chi connectivity index (χ3v) is 9.41. The molecule has 4 aliphatic carbocycles. The van der Waals surface area contributed by atoms with Crippen molar-refractivity contribution in [3.63, 3.8) is 0 Å². The average molecular weight is 433 g/mol. The van der Waals surface area contributed by atoms with Crippen molar-refractivity contribution in [1.29, 1.82) is 0 Å². The summed E-state index contributed by atoms with van der Waals surface area (Å²) in [6, 6.07) is 0. The van der Waals surface area contributed by atoms with Crippen LogP contribution in [0, 0.1) is 28.6 Å². The molecule has 0 heterocycles. The van der Waals surface area contributed by atoms with E-state index in [0.29, 0.717) is 18.3 Å². The molecule has 0 aromatic carbocycles. The third-order valence-electron chi connectivity index (χ3n) is 9.41. The van der Waals surface area contributed by atoms with Gasteiger partial charge in [0.15, 0.2) is 6.61 Å². The Bertz CT molecular complexity index is 817. The van der Waals surface area contributed by atoms with E-state index < -0.39 is 17.0 Å². The van der Waals surface area contributed by atoms with Crippen molar-refractivity contribution in [2.45, 2.75) is 90.8 Å². The minimum atomic E-state index is -1.42. The largest absolute Gasteiger partial charge is 0.462 e. The Morgan fingerprint density at radius 3 is 2.42 bits per heavy atom. The Labute approximate surface area is 184 Å². The minimum absolute atomic E-state index is 0.0160. The van der Waals surface area contributed by atoms with E-state index in [-0.39, 0.29) is 35.8 Å². The monoisotopic (exact) mass is 432 g/mol. The molecule has 0 aromatic heterocycles. The quantitative estimate of drug-likeness (QED) is 0.538. The van der Waals surface area contributed by atoms with Gasteiger partial charge in [0.2, 0.25) is 5.78 Å². The Balaban J connectivity index is 1.56. The summed E-state index contributed by atoms with van der Waals surface area (Å²) in [5, 5.41) is 11.5. The van der Waals surface area contributed by atoms with E-state index in [4.69, 9.17) is 9.47 Å². The van der Waals surface area contributed by atoms with E-state index in [1.807, 2.05) is 0 Å². The van der Waals surface area contributed by atoms with Crippen LogP contribution in [-0.4, -0.2) is 41.1 Å². The van der Waals surface area contributed by atoms with Crippen LogP contribution in [0.15, 0.2) is 11.6 Å². The van der Waals surface area contributed by atoms with Crippen molar-refractivity contribution in [1.82, 2.24) is 0 Å². The van der Waals surface area contributed by atoms with Crippen LogP contribution in [0.4, 0.5) is 0 Å². The first-order chi connectivity index (χ1) is 14.5. The molecular weight excluding hydrogens is 396 g/mol. The lowest BCUT2D eigenvalue weighted by Crippen LogP contribution is -2.58. The lowest BCUT2D eigenvalue weighted by Gasteiger charge is -2.58. The van der Waals surface area contributed by atoms with Gasteiger partial charge < -0.3 is 14.6 Å². The summed E-state index contributed by atoms with van der Waals surface area (Å²) < 4.78 is 10.5. The smallest absolute Gasteiger partial charge is 0.303 e. The summed E-state index contributed by atoms with van der Waals surface area (Å²) in [4.78, 5) is 35.5. The topological polar surface area (TPSA) is 89.9 Å². The molecule has 0 spiro atoms. The molecule has 31 heavy (non-hydrogen) atoms. The molecule has 7 atom stereocenters. The second-order valence-corrected chi connectivity index (χ2v) is 10.8. The number of fused-ring (bicyclic) bond motifs is 5. The summed E-state index contributed by atoms with van der Waals surface area (Å²) in [7, 11) is 0. The van der Waals surface area contributed by atoms with Gasteiger partial charge in [-0.2, -0.15) is 0 Å². The van der Waals surface area contributed by atoms with E-state index in [2.05, 4.69) is 19.9 Å². The average Bonchev–Trinajstić information content (AvgIpc) is 2.98. The van der Waals surface area contributed by atoms with Crippen molar-refractivity contribution in [2.75, 3.05) is 6.61 Å². The van der Waals surface area contributed by atoms with Gasteiger partial charge in [0.1, 0.15) is 11.7 Å². The summed E-state index contributed by atoms with van der Waals surface area (Å²) in [5.74, 6) is 0.176. The Morgan fingerprint density at radius 2 is 1.74 bits per heavy atom. The highest BCUT2D eigenvalue weighted by Crippen LogP contribution is 2.67. The maximum Gasteiger partial charge on any atom is 0.303 e. The van der Waals surface area contributed by atoms with Crippen molar-refractivity contribution in [3.8, 4) is 0 Å². The second kappa shape index (κ2) is 7.72. The number of ketones is 1. The first-order valence-corrected chi connectivity index (χ1v) is 11.8. The number of Topliss-reactive ketones (excluding diaryl/α,β-unsaturated/α-hetero) is 1. The number of carbonyl (C=O) groups excluding carboxylic acids is 3. The molecular formula is C25H36O6. The van der Waals surface area contributed by atoms with E-state index >= 15 is 0 Å². The van der Waals surface area contributed by atoms with Gasteiger partial charge in [-0.25, -0.2) is 0 Å². The van der Waals surface area contributed by atoms with Crippen LogP contribution in [0.2, 0.25) is 0 Å². The summed E-state index contributed by atoms with van der Waals surface area (Å²) >= 11 is 0. The minimum Gasteiger partial charge on any atom is -0.462 e. The molecule has 0 saturated heterocycles. The number of hydrogen-bond donors (Lipinski definition) is 1. The molecule has 1 N–H and O–H groups in total. The Hall–Kier alpha value is -1.69. The van der Waals surface area contributed by atoms with Gasteiger partial charge in [-0.1, -0.05) is 25.5 Å². The lowest BCUT2D eigenvalue weighted by atomic mass is 9.46. The summed E-state index contributed by atoms with van der Waals surface area (Å²) in [6.07, 6.45) is 9.08. The molecule has 3 saturated carbocycles. The van der Waals surface area contributed by atoms with Gasteiger partial charge in [-0.3, -0.25) is 14.4 Å². The highest BCUT2D eigenvalue weighted by Gasteiger charge is 2.66.